The smallest absolute Gasteiger partial charge is 0.263 e. The van der Waals surface area contributed by atoms with Crippen LogP contribution < -0.4 is 10.6 Å². The third kappa shape index (κ3) is 4.99. The van der Waals surface area contributed by atoms with Gasteiger partial charge < -0.3 is 10.6 Å². The lowest BCUT2D eigenvalue weighted by molar-refractivity contribution is -0.117. The summed E-state index contributed by atoms with van der Waals surface area (Å²) < 4.78 is 0. The summed E-state index contributed by atoms with van der Waals surface area (Å²) in [5, 5.41) is 14.1. The zero-order valence-electron chi connectivity index (χ0n) is 8.50. The predicted molar refractivity (Wildman–Crippen MR) is 55.2 cm³/mol. The van der Waals surface area contributed by atoms with Crippen LogP contribution >= 0.6 is 0 Å². The van der Waals surface area contributed by atoms with E-state index in [0.717, 1.165) is 0 Å². The van der Waals surface area contributed by atoms with E-state index in [2.05, 4.69) is 17.2 Å². The van der Waals surface area contributed by atoms with Gasteiger partial charge in [0.1, 0.15) is 11.6 Å². The number of hydrogen-bond donors (Lipinski definition) is 2. The Balaban J connectivity index is 4.26. The monoisotopic (exact) mass is 193 g/mol. The number of nitrogens with zero attached hydrogens (tertiary/aromatic N) is 1. The van der Waals surface area contributed by atoms with Crippen molar-refractivity contribution in [2.45, 2.75) is 19.9 Å². The van der Waals surface area contributed by atoms with E-state index >= 15 is 0 Å². The van der Waals surface area contributed by atoms with Crippen LogP contribution in [-0.4, -0.2) is 18.5 Å². The van der Waals surface area contributed by atoms with Gasteiger partial charge in [-0.2, -0.15) is 5.26 Å². The average Bonchev–Trinajstić information content (AvgIpc) is 2.11. The highest BCUT2D eigenvalue weighted by Crippen LogP contribution is 1.91. The Morgan fingerprint density at radius 2 is 2.29 bits per heavy atom. The summed E-state index contributed by atoms with van der Waals surface area (Å²) in [7, 11) is 0. The fourth-order valence-corrected chi connectivity index (χ4v) is 0.733. The average molecular weight is 193 g/mol. The molecule has 1 amide bonds. The number of amides is 1. The molecule has 0 unspecified atom stereocenters. The lowest BCUT2D eigenvalue weighted by Crippen LogP contribution is -2.31. The minimum atomic E-state index is -0.362. The van der Waals surface area contributed by atoms with Gasteiger partial charge in [-0.05, 0) is 13.8 Å². The third-order valence-corrected chi connectivity index (χ3v) is 1.29. The van der Waals surface area contributed by atoms with E-state index in [1.165, 1.54) is 6.20 Å². The Hall–Kier alpha value is -1.76. The third-order valence-electron chi connectivity index (χ3n) is 1.29. The summed E-state index contributed by atoms with van der Waals surface area (Å²) in [4.78, 5) is 11.3. The van der Waals surface area contributed by atoms with Crippen molar-refractivity contribution in [2.24, 2.45) is 0 Å². The number of hydrogen-bond acceptors (Lipinski definition) is 3. The molecule has 0 aromatic rings. The van der Waals surface area contributed by atoms with Gasteiger partial charge in [-0.25, -0.2) is 0 Å². The summed E-state index contributed by atoms with van der Waals surface area (Å²) in [6.45, 7) is 7.70. The lowest BCUT2D eigenvalue weighted by atomic mass is 10.2. The van der Waals surface area contributed by atoms with Crippen LogP contribution in [0, 0.1) is 11.3 Å². The SMILES string of the molecule is C=CCN/C=C(/C#N)C(=O)NC(C)C. The van der Waals surface area contributed by atoms with E-state index in [0.29, 0.717) is 6.54 Å². The number of carbonyl (C=O) groups excluding carboxylic acids is 1. The Bertz CT molecular complexity index is 274. The van der Waals surface area contributed by atoms with Crippen molar-refractivity contribution >= 4 is 5.91 Å². The van der Waals surface area contributed by atoms with Crippen molar-refractivity contribution in [1.82, 2.24) is 10.6 Å². The normalized spacial score (nSPS) is 10.6. The molecule has 0 bridgehead atoms. The quantitative estimate of drug-likeness (QED) is 0.292. The van der Waals surface area contributed by atoms with Crippen LogP contribution in [-0.2, 0) is 4.79 Å². The first-order valence-electron chi connectivity index (χ1n) is 4.37. The summed E-state index contributed by atoms with van der Waals surface area (Å²) in [6, 6.07) is 1.84. The fraction of sp³-hybridized carbons (Fsp3) is 0.400. The number of carbonyl (C=O) groups is 1. The van der Waals surface area contributed by atoms with E-state index < -0.39 is 0 Å². The minimum absolute atomic E-state index is 0.0265. The molecular formula is C10H15N3O. The maximum absolute atomic E-state index is 11.3. The first-order valence-corrected chi connectivity index (χ1v) is 4.37. The molecule has 0 aliphatic carbocycles. The molecule has 0 spiro atoms. The molecule has 4 heteroatoms. The maximum atomic E-state index is 11.3. The van der Waals surface area contributed by atoms with Crippen LogP contribution in [0.1, 0.15) is 13.8 Å². The van der Waals surface area contributed by atoms with Crippen molar-refractivity contribution in [3.05, 3.63) is 24.4 Å². The second-order valence-electron chi connectivity index (χ2n) is 2.99. The van der Waals surface area contributed by atoms with Crippen LogP contribution in [0.15, 0.2) is 24.4 Å². The number of nitriles is 1. The lowest BCUT2D eigenvalue weighted by Gasteiger charge is -2.06. The van der Waals surface area contributed by atoms with Gasteiger partial charge in [0.25, 0.3) is 5.91 Å². The van der Waals surface area contributed by atoms with Gasteiger partial charge >= 0.3 is 0 Å². The minimum Gasteiger partial charge on any atom is -0.386 e. The molecule has 2 N–H and O–H groups in total. The number of rotatable bonds is 5. The Labute approximate surface area is 84.3 Å². The van der Waals surface area contributed by atoms with Gasteiger partial charge in [-0.3, -0.25) is 4.79 Å². The van der Waals surface area contributed by atoms with E-state index in [4.69, 9.17) is 5.26 Å². The molecular weight excluding hydrogens is 178 g/mol. The first-order chi connectivity index (χ1) is 6.61. The van der Waals surface area contributed by atoms with Crippen molar-refractivity contribution in [3.8, 4) is 6.07 Å². The standard InChI is InChI=1S/C10H15N3O/c1-4-5-12-7-9(6-11)10(14)13-8(2)3/h4,7-8,12H,1,5H2,2-3H3,(H,13,14)/b9-7-. The summed E-state index contributed by atoms with van der Waals surface area (Å²) >= 11 is 0. The van der Waals surface area contributed by atoms with E-state index in [1.807, 2.05) is 19.9 Å². The molecule has 0 atom stereocenters. The zero-order chi connectivity index (χ0) is 11.0. The van der Waals surface area contributed by atoms with Crippen LogP contribution in [0.25, 0.3) is 0 Å². The second kappa shape index (κ2) is 6.72. The Morgan fingerprint density at radius 1 is 1.64 bits per heavy atom. The molecule has 0 radical (unpaired) electrons. The topological polar surface area (TPSA) is 64.9 Å². The van der Waals surface area contributed by atoms with Crippen molar-refractivity contribution in [3.63, 3.8) is 0 Å². The molecule has 0 aromatic carbocycles. The molecule has 0 aliphatic rings. The van der Waals surface area contributed by atoms with Crippen LogP contribution in [0.3, 0.4) is 0 Å². The summed E-state index contributed by atoms with van der Waals surface area (Å²) in [6.07, 6.45) is 3.03. The highest BCUT2D eigenvalue weighted by Gasteiger charge is 2.08. The van der Waals surface area contributed by atoms with E-state index in [-0.39, 0.29) is 17.5 Å². The molecule has 4 nitrogen and oxygen atoms in total. The zero-order valence-corrected chi connectivity index (χ0v) is 8.50. The molecule has 14 heavy (non-hydrogen) atoms. The largest absolute Gasteiger partial charge is 0.386 e. The summed E-state index contributed by atoms with van der Waals surface area (Å²) in [5.74, 6) is -0.362. The molecule has 0 aromatic heterocycles. The molecule has 0 saturated carbocycles. The van der Waals surface area contributed by atoms with Gasteiger partial charge in [0.2, 0.25) is 0 Å². The van der Waals surface area contributed by atoms with Crippen LogP contribution in [0.5, 0.6) is 0 Å². The van der Waals surface area contributed by atoms with Gasteiger partial charge in [-0.1, -0.05) is 6.08 Å². The second-order valence-corrected chi connectivity index (χ2v) is 2.99. The molecule has 0 fully saturated rings. The molecule has 0 heterocycles. The van der Waals surface area contributed by atoms with Crippen LogP contribution in [0.2, 0.25) is 0 Å². The first kappa shape index (κ1) is 12.2. The Morgan fingerprint density at radius 3 is 2.71 bits per heavy atom. The van der Waals surface area contributed by atoms with Crippen molar-refractivity contribution < 1.29 is 4.79 Å². The predicted octanol–water partition coefficient (Wildman–Crippen LogP) is 0.694. The van der Waals surface area contributed by atoms with Gasteiger partial charge in [-0.15, -0.1) is 6.58 Å². The van der Waals surface area contributed by atoms with E-state index in [1.54, 1.807) is 6.08 Å². The molecule has 76 valence electrons. The van der Waals surface area contributed by atoms with Gasteiger partial charge in [0.15, 0.2) is 0 Å². The number of nitrogens with one attached hydrogen (secondary N) is 2. The molecule has 0 rings (SSSR count). The Kier molecular flexibility index (Phi) is 5.88. The highest BCUT2D eigenvalue weighted by atomic mass is 16.1. The molecule has 0 aliphatic heterocycles. The summed E-state index contributed by atoms with van der Waals surface area (Å²) in [5.41, 5.74) is 0.0700. The fourth-order valence-electron chi connectivity index (χ4n) is 0.733. The van der Waals surface area contributed by atoms with Crippen molar-refractivity contribution in [1.29, 1.82) is 5.26 Å². The van der Waals surface area contributed by atoms with Gasteiger partial charge in [0, 0.05) is 18.8 Å². The van der Waals surface area contributed by atoms with Crippen LogP contribution in [0.4, 0.5) is 0 Å². The highest BCUT2D eigenvalue weighted by molar-refractivity contribution is 5.97. The maximum Gasteiger partial charge on any atom is 0.263 e. The van der Waals surface area contributed by atoms with Gasteiger partial charge in [0.05, 0.1) is 0 Å². The van der Waals surface area contributed by atoms with E-state index in [9.17, 15) is 4.79 Å². The molecule has 0 saturated heterocycles. The van der Waals surface area contributed by atoms with Crippen molar-refractivity contribution in [2.75, 3.05) is 6.54 Å².